The van der Waals surface area contributed by atoms with E-state index in [0.29, 0.717) is 67.6 Å². The Morgan fingerprint density at radius 2 is 1.68 bits per heavy atom. The van der Waals surface area contributed by atoms with Crippen LogP contribution in [0.5, 0.6) is 5.75 Å². The van der Waals surface area contributed by atoms with E-state index in [-0.39, 0.29) is 50.3 Å². The molecule has 0 aliphatic carbocycles. The lowest BCUT2D eigenvalue weighted by molar-refractivity contribution is -0.190. The molecule has 0 saturated heterocycles. The summed E-state index contributed by atoms with van der Waals surface area (Å²) in [6.07, 6.45) is -0.282. The number of carbonyl (C=O) groups excluding carboxylic acids is 3. The highest BCUT2D eigenvalue weighted by atomic mass is 16.7. The summed E-state index contributed by atoms with van der Waals surface area (Å²) >= 11 is 0. The van der Waals surface area contributed by atoms with Crippen molar-refractivity contribution in [1.29, 1.82) is 0 Å². The van der Waals surface area contributed by atoms with Gasteiger partial charge in [0, 0.05) is 23.1 Å². The summed E-state index contributed by atoms with van der Waals surface area (Å²) in [4.78, 5) is 57.7. The Balaban J connectivity index is 1.38. The van der Waals surface area contributed by atoms with Crippen molar-refractivity contribution in [2.75, 3.05) is 46.2 Å². The van der Waals surface area contributed by atoms with Crippen molar-refractivity contribution < 1.29 is 47.5 Å². The van der Waals surface area contributed by atoms with Gasteiger partial charge in [-0.3, -0.25) is 9.59 Å². The van der Waals surface area contributed by atoms with Gasteiger partial charge in [-0.1, -0.05) is 13.8 Å². The number of aryl methyl sites for hydroxylation is 1. The van der Waals surface area contributed by atoms with Crippen LogP contribution in [0.15, 0.2) is 29.1 Å². The molecule has 2 aliphatic rings. The van der Waals surface area contributed by atoms with Crippen LogP contribution < -0.4 is 16.0 Å². The topological polar surface area (TPSA) is 177 Å². The van der Waals surface area contributed by atoms with Crippen molar-refractivity contribution in [3.63, 3.8) is 0 Å². The summed E-state index contributed by atoms with van der Waals surface area (Å²) in [7, 11) is 0. The van der Waals surface area contributed by atoms with Crippen molar-refractivity contribution in [2.45, 2.75) is 78.2 Å². The first-order chi connectivity index (χ1) is 23.9. The Kier molecular flexibility index (Phi) is 11.6. The Morgan fingerprint density at radius 3 is 2.34 bits per heavy atom. The predicted molar refractivity (Wildman–Crippen MR) is 181 cm³/mol. The van der Waals surface area contributed by atoms with Gasteiger partial charge >= 0.3 is 18.1 Å². The third-order valence-corrected chi connectivity index (χ3v) is 8.43. The number of rotatable bonds is 15. The number of esters is 2. The summed E-state index contributed by atoms with van der Waals surface area (Å²) in [6, 6.07) is 6.85. The zero-order valence-corrected chi connectivity index (χ0v) is 29.3. The molecule has 14 heteroatoms. The average Bonchev–Trinajstić information content (AvgIpc) is 3.43. The molecule has 0 amide bonds. The summed E-state index contributed by atoms with van der Waals surface area (Å²) in [5.41, 5.74) is 6.54. The first-order valence-corrected chi connectivity index (χ1v) is 16.9. The molecule has 0 bridgehead atoms. The second-order valence-corrected chi connectivity index (χ2v) is 12.9. The maximum atomic E-state index is 14.0. The van der Waals surface area contributed by atoms with E-state index in [1.54, 1.807) is 56.5 Å². The van der Waals surface area contributed by atoms with Gasteiger partial charge in [-0.25, -0.2) is 14.6 Å². The molecular formula is C36H45N3O11. The lowest BCUT2D eigenvalue weighted by atomic mass is 9.85. The lowest BCUT2D eigenvalue weighted by Crippen LogP contribution is -2.47. The number of aromatic nitrogens is 2. The molecule has 1 unspecified atom stereocenters. The van der Waals surface area contributed by atoms with E-state index in [9.17, 15) is 19.2 Å². The van der Waals surface area contributed by atoms with Gasteiger partial charge in [-0.05, 0) is 63.4 Å². The lowest BCUT2D eigenvalue weighted by Gasteiger charge is -2.35. The SMILES string of the molecule is CCc1c2c(nc3ccc(OC(=O)OC(C)(C)C)cc13)-c1cc3c(c(=O)n1C2)COC(=O)C3(CC)OC(=O)CCOCCOCCOCCN. The fourth-order valence-corrected chi connectivity index (χ4v) is 6.16. The van der Waals surface area contributed by atoms with Crippen molar-refractivity contribution in [1.82, 2.24) is 9.55 Å². The van der Waals surface area contributed by atoms with E-state index in [2.05, 4.69) is 0 Å². The highest BCUT2D eigenvalue weighted by molar-refractivity contribution is 5.91. The number of ether oxygens (including phenoxy) is 7. The molecule has 50 heavy (non-hydrogen) atoms. The number of carbonyl (C=O) groups is 3. The van der Waals surface area contributed by atoms with Crippen LogP contribution in [0, 0.1) is 0 Å². The zero-order chi connectivity index (χ0) is 36.1. The summed E-state index contributed by atoms with van der Waals surface area (Å²) < 4.78 is 39.8. The number of benzene rings is 1. The van der Waals surface area contributed by atoms with Gasteiger partial charge in [0.15, 0.2) is 0 Å². The Morgan fingerprint density at radius 1 is 0.980 bits per heavy atom. The fourth-order valence-electron chi connectivity index (χ4n) is 6.16. The normalized spacial score (nSPS) is 16.4. The van der Waals surface area contributed by atoms with Gasteiger partial charge in [-0.15, -0.1) is 0 Å². The van der Waals surface area contributed by atoms with Crippen LogP contribution in [-0.4, -0.2) is 79.4 Å². The first kappa shape index (κ1) is 36.9. The van der Waals surface area contributed by atoms with Crippen molar-refractivity contribution in [3.8, 4) is 17.1 Å². The molecule has 0 radical (unpaired) electrons. The third kappa shape index (κ3) is 7.83. The fraction of sp³-hybridized carbons (Fsp3) is 0.528. The molecule has 1 atom stereocenters. The van der Waals surface area contributed by atoms with Crippen LogP contribution in [0.1, 0.15) is 69.7 Å². The number of cyclic esters (lactones) is 1. The second kappa shape index (κ2) is 15.7. The van der Waals surface area contributed by atoms with Gasteiger partial charge in [0.05, 0.1) is 75.1 Å². The van der Waals surface area contributed by atoms with E-state index in [4.69, 9.17) is 43.9 Å². The monoisotopic (exact) mass is 695 g/mol. The minimum atomic E-state index is -1.81. The molecule has 14 nitrogen and oxygen atoms in total. The highest BCUT2D eigenvalue weighted by Gasteiger charge is 2.50. The summed E-state index contributed by atoms with van der Waals surface area (Å²) in [5, 5.41) is 0.776. The van der Waals surface area contributed by atoms with E-state index in [1.807, 2.05) is 6.92 Å². The van der Waals surface area contributed by atoms with Gasteiger partial charge in [-0.2, -0.15) is 0 Å². The summed E-state index contributed by atoms with van der Waals surface area (Å²) in [6.45, 7) is 11.3. The molecule has 4 heterocycles. The van der Waals surface area contributed by atoms with Crippen LogP contribution in [0.25, 0.3) is 22.3 Å². The maximum absolute atomic E-state index is 14.0. The maximum Gasteiger partial charge on any atom is 0.514 e. The van der Waals surface area contributed by atoms with E-state index in [1.165, 1.54) is 0 Å². The van der Waals surface area contributed by atoms with Crippen LogP contribution >= 0.6 is 0 Å². The van der Waals surface area contributed by atoms with Gasteiger partial charge in [0.1, 0.15) is 18.0 Å². The molecule has 2 N–H and O–H groups in total. The van der Waals surface area contributed by atoms with Crippen LogP contribution in [-0.2, 0) is 63.2 Å². The van der Waals surface area contributed by atoms with Crippen molar-refractivity contribution in [2.24, 2.45) is 5.73 Å². The Labute approximate surface area is 290 Å². The van der Waals surface area contributed by atoms with Crippen molar-refractivity contribution >= 4 is 29.0 Å². The number of nitrogens with two attached hydrogens (primary N) is 1. The van der Waals surface area contributed by atoms with E-state index >= 15 is 0 Å². The molecular weight excluding hydrogens is 650 g/mol. The number of fused-ring (bicyclic) bond motifs is 5. The number of pyridine rings is 2. The smallest absolute Gasteiger partial charge is 0.457 e. The Hall–Kier alpha value is -4.37. The third-order valence-electron chi connectivity index (χ3n) is 8.43. The quantitative estimate of drug-likeness (QED) is 0.0821. The second-order valence-electron chi connectivity index (χ2n) is 12.9. The minimum Gasteiger partial charge on any atom is -0.457 e. The molecule has 1 aromatic carbocycles. The average molecular weight is 696 g/mol. The van der Waals surface area contributed by atoms with E-state index in [0.717, 1.165) is 16.5 Å². The summed E-state index contributed by atoms with van der Waals surface area (Å²) in [5.74, 6) is -1.11. The number of nitrogens with zero attached hydrogens (tertiary/aromatic N) is 2. The van der Waals surface area contributed by atoms with Gasteiger partial charge in [0.2, 0.25) is 5.60 Å². The molecule has 3 aromatic rings. The van der Waals surface area contributed by atoms with Crippen molar-refractivity contribution in [3.05, 3.63) is 56.9 Å². The minimum absolute atomic E-state index is 0.0486. The molecule has 0 saturated carbocycles. The standard InChI is InChI=1S/C36H45N3O11/c1-6-23-24-18-22(48-34(43)50-35(3,4)5)8-9-28(24)38-31-25(23)20-39-29(31)19-27-26(32(39)41)21-47-33(42)36(27,7-2)49-30(40)10-12-44-14-16-46-17-15-45-13-11-37/h8-9,18-19H,6-7,10-17,20-21,37H2,1-5H3. The van der Waals surface area contributed by atoms with Crippen LogP contribution in [0.3, 0.4) is 0 Å². The molecule has 2 aliphatic heterocycles. The molecule has 5 rings (SSSR count). The van der Waals surface area contributed by atoms with Gasteiger partial charge in [0.25, 0.3) is 5.56 Å². The highest BCUT2D eigenvalue weighted by Crippen LogP contribution is 2.42. The largest absolute Gasteiger partial charge is 0.514 e. The predicted octanol–water partition coefficient (Wildman–Crippen LogP) is 3.91. The molecule has 0 fully saturated rings. The molecule has 2 aromatic heterocycles. The first-order valence-electron chi connectivity index (χ1n) is 16.9. The molecule has 0 spiro atoms. The molecule has 270 valence electrons. The van der Waals surface area contributed by atoms with E-state index < -0.39 is 29.3 Å². The number of hydrogen-bond acceptors (Lipinski definition) is 13. The van der Waals surface area contributed by atoms with Crippen LogP contribution in [0.4, 0.5) is 4.79 Å². The Bertz CT molecular complexity index is 1810. The van der Waals surface area contributed by atoms with Gasteiger partial charge < -0.3 is 43.5 Å². The van der Waals surface area contributed by atoms with Crippen LogP contribution in [0.2, 0.25) is 0 Å². The zero-order valence-electron chi connectivity index (χ0n) is 29.3. The number of hydrogen-bond donors (Lipinski definition) is 1.